The summed E-state index contributed by atoms with van der Waals surface area (Å²) in [6.45, 7) is 9.13. The summed E-state index contributed by atoms with van der Waals surface area (Å²) in [6.07, 6.45) is 1.04. The number of nitrogens with two attached hydrogens (primary N) is 1. The summed E-state index contributed by atoms with van der Waals surface area (Å²) in [4.78, 5) is 4.56. The lowest BCUT2D eigenvalue weighted by molar-refractivity contribution is 0.240. The number of benzene rings is 1. The molecule has 2 rings (SSSR count). The predicted molar refractivity (Wildman–Crippen MR) is 82.5 cm³/mol. The highest BCUT2D eigenvalue weighted by Crippen LogP contribution is 2.20. The maximum absolute atomic E-state index is 13.7. The number of anilines is 1. The standard InChI is InChI=1S/C16H26FN3/c1-13(2)15(18)7-8-19-9-11-20(12-10-19)16-6-4-3-5-14(16)17/h3-6,13,15H,7-12,18H2,1-2H3. The second-order valence-electron chi connectivity index (χ2n) is 5.98. The fourth-order valence-electron chi connectivity index (χ4n) is 2.59. The van der Waals surface area contributed by atoms with Crippen LogP contribution in [0, 0.1) is 11.7 Å². The zero-order chi connectivity index (χ0) is 14.5. The summed E-state index contributed by atoms with van der Waals surface area (Å²) in [5, 5.41) is 0. The number of halogens is 1. The quantitative estimate of drug-likeness (QED) is 0.898. The zero-order valence-electron chi connectivity index (χ0n) is 12.6. The normalized spacial score (nSPS) is 18.6. The molecule has 0 amide bonds. The SMILES string of the molecule is CC(C)C(N)CCN1CCN(c2ccccc2F)CC1. The molecule has 0 aliphatic carbocycles. The number of piperazine rings is 1. The minimum atomic E-state index is -0.122. The van der Waals surface area contributed by atoms with E-state index >= 15 is 0 Å². The fraction of sp³-hybridized carbons (Fsp3) is 0.625. The van der Waals surface area contributed by atoms with Crippen LogP contribution in [0.3, 0.4) is 0 Å². The van der Waals surface area contributed by atoms with Crippen LogP contribution < -0.4 is 10.6 Å². The highest BCUT2D eigenvalue weighted by molar-refractivity contribution is 5.47. The van der Waals surface area contributed by atoms with Crippen LogP contribution in [0.2, 0.25) is 0 Å². The topological polar surface area (TPSA) is 32.5 Å². The van der Waals surface area contributed by atoms with E-state index < -0.39 is 0 Å². The molecule has 1 atom stereocenters. The van der Waals surface area contributed by atoms with Crippen molar-refractivity contribution >= 4 is 5.69 Å². The van der Waals surface area contributed by atoms with Crippen molar-refractivity contribution in [3.05, 3.63) is 30.1 Å². The fourth-order valence-corrected chi connectivity index (χ4v) is 2.59. The highest BCUT2D eigenvalue weighted by Gasteiger charge is 2.19. The second kappa shape index (κ2) is 7.04. The van der Waals surface area contributed by atoms with E-state index in [1.165, 1.54) is 6.07 Å². The molecular formula is C16H26FN3. The number of nitrogens with zero attached hydrogens (tertiary/aromatic N) is 2. The first-order chi connectivity index (χ1) is 9.58. The molecule has 20 heavy (non-hydrogen) atoms. The lowest BCUT2D eigenvalue weighted by Gasteiger charge is -2.36. The summed E-state index contributed by atoms with van der Waals surface area (Å²) in [7, 11) is 0. The van der Waals surface area contributed by atoms with Crippen molar-refractivity contribution in [2.24, 2.45) is 11.7 Å². The Morgan fingerprint density at radius 3 is 2.40 bits per heavy atom. The molecule has 0 bridgehead atoms. The average Bonchev–Trinajstić information content (AvgIpc) is 2.46. The molecule has 2 N–H and O–H groups in total. The van der Waals surface area contributed by atoms with Crippen LogP contribution in [-0.4, -0.2) is 43.7 Å². The third kappa shape index (κ3) is 3.93. The maximum Gasteiger partial charge on any atom is 0.146 e. The summed E-state index contributed by atoms with van der Waals surface area (Å²) in [6, 6.07) is 7.30. The van der Waals surface area contributed by atoms with Crippen LogP contribution in [0.5, 0.6) is 0 Å². The first-order valence-corrected chi connectivity index (χ1v) is 7.55. The van der Waals surface area contributed by atoms with Crippen LogP contribution in [0.1, 0.15) is 20.3 Å². The predicted octanol–water partition coefficient (Wildman–Crippen LogP) is 2.32. The number of hydrogen-bond acceptors (Lipinski definition) is 3. The first-order valence-electron chi connectivity index (χ1n) is 7.55. The molecule has 1 unspecified atom stereocenters. The third-order valence-corrected chi connectivity index (χ3v) is 4.20. The van der Waals surface area contributed by atoms with Gasteiger partial charge in [-0.1, -0.05) is 26.0 Å². The van der Waals surface area contributed by atoms with E-state index in [1.54, 1.807) is 6.07 Å². The van der Waals surface area contributed by atoms with Crippen molar-refractivity contribution in [3.63, 3.8) is 0 Å². The Bertz CT molecular complexity index is 414. The molecule has 0 spiro atoms. The van der Waals surface area contributed by atoms with Gasteiger partial charge in [-0.25, -0.2) is 4.39 Å². The Morgan fingerprint density at radius 2 is 1.80 bits per heavy atom. The molecule has 1 saturated heterocycles. The van der Waals surface area contributed by atoms with Crippen molar-refractivity contribution in [2.75, 3.05) is 37.6 Å². The molecule has 0 saturated carbocycles. The van der Waals surface area contributed by atoms with E-state index in [0.29, 0.717) is 5.92 Å². The lowest BCUT2D eigenvalue weighted by atomic mass is 10.0. The molecule has 1 aliphatic heterocycles. The summed E-state index contributed by atoms with van der Waals surface area (Å²) in [5.41, 5.74) is 6.81. The molecule has 0 radical (unpaired) electrons. The molecule has 1 aliphatic rings. The zero-order valence-corrected chi connectivity index (χ0v) is 12.6. The molecule has 0 aromatic heterocycles. The second-order valence-corrected chi connectivity index (χ2v) is 5.98. The highest BCUT2D eigenvalue weighted by atomic mass is 19.1. The summed E-state index contributed by atoms with van der Waals surface area (Å²) >= 11 is 0. The Hall–Kier alpha value is -1.13. The lowest BCUT2D eigenvalue weighted by Crippen LogP contribution is -2.47. The van der Waals surface area contributed by atoms with Gasteiger partial charge in [-0.2, -0.15) is 0 Å². The first kappa shape index (κ1) is 15.3. The molecule has 1 fully saturated rings. The van der Waals surface area contributed by atoms with E-state index in [0.717, 1.165) is 44.8 Å². The average molecular weight is 279 g/mol. The van der Waals surface area contributed by atoms with Crippen molar-refractivity contribution < 1.29 is 4.39 Å². The Labute approximate surface area is 121 Å². The Balaban J connectivity index is 1.80. The largest absolute Gasteiger partial charge is 0.367 e. The van der Waals surface area contributed by atoms with Gasteiger partial charge < -0.3 is 10.6 Å². The van der Waals surface area contributed by atoms with Gasteiger partial charge in [-0.05, 0) is 31.0 Å². The monoisotopic (exact) mass is 279 g/mol. The number of rotatable bonds is 5. The number of hydrogen-bond donors (Lipinski definition) is 1. The van der Waals surface area contributed by atoms with E-state index in [4.69, 9.17) is 5.73 Å². The molecule has 3 nitrogen and oxygen atoms in total. The van der Waals surface area contributed by atoms with E-state index in [-0.39, 0.29) is 11.9 Å². The molecule has 1 aromatic rings. The van der Waals surface area contributed by atoms with Gasteiger partial charge >= 0.3 is 0 Å². The van der Waals surface area contributed by atoms with Crippen molar-refractivity contribution in [2.45, 2.75) is 26.3 Å². The molecule has 1 aromatic carbocycles. The smallest absolute Gasteiger partial charge is 0.146 e. The van der Waals surface area contributed by atoms with Crippen LogP contribution >= 0.6 is 0 Å². The van der Waals surface area contributed by atoms with Crippen molar-refractivity contribution in [1.82, 2.24) is 4.90 Å². The third-order valence-electron chi connectivity index (χ3n) is 4.20. The van der Waals surface area contributed by atoms with Crippen LogP contribution in [0.15, 0.2) is 24.3 Å². The summed E-state index contributed by atoms with van der Waals surface area (Å²) < 4.78 is 13.7. The van der Waals surface area contributed by atoms with E-state index in [1.807, 2.05) is 12.1 Å². The van der Waals surface area contributed by atoms with Gasteiger partial charge in [0, 0.05) is 32.2 Å². The van der Waals surface area contributed by atoms with Crippen LogP contribution in [0.4, 0.5) is 10.1 Å². The van der Waals surface area contributed by atoms with Crippen molar-refractivity contribution in [1.29, 1.82) is 0 Å². The Kier molecular flexibility index (Phi) is 5.38. The van der Waals surface area contributed by atoms with Crippen LogP contribution in [-0.2, 0) is 0 Å². The van der Waals surface area contributed by atoms with Crippen LogP contribution in [0.25, 0.3) is 0 Å². The van der Waals surface area contributed by atoms with Gasteiger partial charge in [-0.3, -0.25) is 4.90 Å². The molecule has 112 valence electrons. The Morgan fingerprint density at radius 1 is 1.15 bits per heavy atom. The molecular weight excluding hydrogens is 253 g/mol. The number of para-hydroxylation sites is 1. The van der Waals surface area contributed by atoms with E-state index in [2.05, 4.69) is 23.6 Å². The van der Waals surface area contributed by atoms with Gasteiger partial charge in [0.15, 0.2) is 0 Å². The molecule has 1 heterocycles. The minimum Gasteiger partial charge on any atom is -0.367 e. The van der Waals surface area contributed by atoms with Gasteiger partial charge in [0.05, 0.1) is 5.69 Å². The van der Waals surface area contributed by atoms with E-state index in [9.17, 15) is 4.39 Å². The van der Waals surface area contributed by atoms with Crippen molar-refractivity contribution in [3.8, 4) is 0 Å². The summed E-state index contributed by atoms with van der Waals surface area (Å²) in [5.74, 6) is 0.414. The van der Waals surface area contributed by atoms with Gasteiger partial charge in [-0.15, -0.1) is 0 Å². The minimum absolute atomic E-state index is 0.122. The van der Waals surface area contributed by atoms with Gasteiger partial charge in [0.25, 0.3) is 0 Å². The van der Waals surface area contributed by atoms with Gasteiger partial charge in [0.1, 0.15) is 5.82 Å². The molecule has 4 heteroatoms. The van der Waals surface area contributed by atoms with Gasteiger partial charge in [0.2, 0.25) is 0 Å². The maximum atomic E-state index is 13.7.